The third kappa shape index (κ3) is 4.82. The smallest absolute Gasteiger partial charge is 0.0558 e. The molecule has 0 atom stereocenters. The lowest BCUT2D eigenvalue weighted by atomic mass is 10.5. The lowest BCUT2D eigenvalue weighted by Crippen LogP contribution is -2.34. The molecule has 0 saturated heterocycles. The van der Waals surface area contributed by atoms with E-state index in [0.29, 0.717) is 6.61 Å². The number of aliphatic hydroxyl groups is 1. The molecule has 0 aromatic rings. The summed E-state index contributed by atoms with van der Waals surface area (Å²) in [6, 6.07) is 5.42. The van der Waals surface area contributed by atoms with Crippen LogP contribution >= 0.6 is 0 Å². The SMILES string of the molecule is CCC[Si](CCC)(CCC)CCO. The van der Waals surface area contributed by atoms with Gasteiger partial charge in [-0.1, -0.05) is 58.2 Å². The van der Waals surface area contributed by atoms with Gasteiger partial charge in [-0.15, -0.1) is 0 Å². The summed E-state index contributed by atoms with van der Waals surface area (Å²) in [4.78, 5) is 0. The zero-order chi connectivity index (χ0) is 10.2. The highest BCUT2D eigenvalue weighted by Gasteiger charge is 2.28. The van der Waals surface area contributed by atoms with Crippen molar-refractivity contribution in [2.45, 2.75) is 64.2 Å². The van der Waals surface area contributed by atoms with Crippen molar-refractivity contribution in [3.05, 3.63) is 0 Å². The fraction of sp³-hybridized carbons (Fsp3) is 1.00. The van der Waals surface area contributed by atoms with E-state index in [-0.39, 0.29) is 0 Å². The van der Waals surface area contributed by atoms with E-state index < -0.39 is 8.07 Å². The fourth-order valence-electron chi connectivity index (χ4n) is 2.58. The van der Waals surface area contributed by atoms with Crippen LogP contribution in [0, 0.1) is 0 Å². The van der Waals surface area contributed by atoms with Gasteiger partial charge in [-0.05, 0) is 6.04 Å². The predicted molar refractivity (Wildman–Crippen MR) is 62.9 cm³/mol. The van der Waals surface area contributed by atoms with Gasteiger partial charge in [0.1, 0.15) is 0 Å². The van der Waals surface area contributed by atoms with E-state index in [0.717, 1.165) is 6.04 Å². The maximum absolute atomic E-state index is 9.12. The van der Waals surface area contributed by atoms with Gasteiger partial charge in [0, 0.05) is 6.61 Å². The van der Waals surface area contributed by atoms with Crippen molar-refractivity contribution in [2.24, 2.45) is 0 Å². The molecule has 0 unspecified atom stereocenters. The first kappa shape index (κ1) is 13.2. The topological polar surface area (TPSA) is 20.2 Å². The van der Waals surface area contributed by atoms with Crippen LogP contribution in [0.4, 0.5) is 0 Å². The average Bonchev–Trinajstić information content (AvgIpc) is 2.06. The molecule has 0 aliphatic rings. The molecule has 0 saturated carbocycles. The molecule has 0 rings (SSSR count). The van der Waals surface area contributed by atoms with Crippen LogP contribution in [-0.2, 0) is 0 Å². The van der Waals surface area contributed by atoms with Crippen molar-refractivity contribution in [3.8, 4) is 0 Å². The molecular formula is C11H26OSi. The summed E-state index contributed by atoms with van der Waals surface area (Å²) in [7, 11) is -1.05. The summed E-state index contributed by atoms with van der Waals surface area (Å²) in [5, 5.41) is 9.12. The summed E-state index contributed by atoms with van der Waals surface area (Å²) in [6.07, 6.45) is 3.94. The van der Waals surface area contributed by atoms with E-state index in [1.54, 1.807) is 0 Å². The Balaban J connectivity index is 4.19. The van der Waals surface area contributed by atoms with Crippen molar-refractivity contribution in [3.63, 3.8) is 0 Å². The Morgan fingerprint density at radius 2 is 1.15 bits per heavy atom. The number of rotatable bonds is 8. The van der Waals surface area contributed by atoms with E-state index in [4.69, 9.17) is 5.11 Å². The Hall–Kier alpha value is 0.177. The van der Waals surface area contributed by atoms with Crippen molar-refractivity contribution in [1.82, 2.24) is 0 Å². The fourth-order valence-corrected chi connectivity index (χ4v) is 7.73. The van der Waals surface area contributed by atoms with Gasteiger partial charge in [-0.25, -0.2) is 0 Å². The summed E-state index contributed by atoms with van der Waals surface area (Å²) >= 11 is 0. The minimum Gasteiger partial charge on any atom is -0.397 e. The summed E-state index contributed by atoms with van der Waals surface area (Å²) in [6.45, 7) is 7.27. The third-order valence-electron chi connectivity index (χ3n) is 2.98. The van der Waals surface area contributed by atoms with Crippen LogP contribution in [0.2, 0.25) is 24.2 Å². The molecule has 0 heterocycles. The highest BCUT2D eigenvalue weighted by Crippen LogP contribution is 2.29. The molecule has 13 heavy (non-hydrogen) atoms. The first-order valence-corrected chi connectivity index (χ1v) is 8.68. The van der Waals surface area contributed by atoms with E-state index in [1.807, 2.05) is 0 Å². The Kier molecular flexibility index (Phi) is 7.67. The maximum atomic E-state index is 9.12. The first-order chi connectivity index (χ1) is 6.24. The van der Waals surface area contributed by atoms with Gasteiger partial charge >= 0.3 is 0 Å². The molecule has 1 nitrogen and oxygen atoms in total. The van der Waals surface area contributed by atoms with Gasteiger partial charge in [0.15, 0.2) is 0 Å². The summed E-state index contributed by atoms with van der Waals surface area (Å²) < 4.78 is 0. The van der Waals surface area contributed by atoms with Crippen LogP contribution in [0.3, 0.4) is 0 Å². The molecule has 0 aromatic heterocycles. The minimum atomic E-state index is -1.05. The van der Waals surface area contributed by atoms with Crippen molar-refractivity contribution in [2.75, 3.05) is 6.61 Å². The zero-order valence-electron chi connectivity index (χ0n) is 9.60. The van der Waals surface area contributed by atoms with Gasteiger partial charge in [-0.3, -0.25) is 0 Å². The van der Waals surface area contributed by atoms with Gasteiger partial charge in [-0.2, -0.15) is 0 Å². The largest absolute Gasteiger partial charge is 0.397 e. The lowest BCUT2D eigenvalue weighted by Gasteiger charge is -2.30. The Labute approximate surface area is 84.6 Å². The lowest BCUT2D eigenvalue weighted by molar-refractivity contribution is 0.315. The highest BCUT2D eigenvalue weighted by molar-refractivity contribution is 6.79. The second kappa shape index (κ2) is 7.57. The molecule has 0 amide bonds. The predicted octanol–water partition coefficient (Wildman–Crippen LogP) is 3.66. The van der Waals surface area contributed by atoms with Gasteiger partial charge < -0.3 is 5.11 Å². The van der Waals surface area contributed by atoms with Crippen molar-refractivity contribution in [1.29, 1.82) is 0 Å². The average molecular weight is 202 g/mol. The minimum absolute atomic E-state index is 0.423. The molecule has 80 valence electrons. The van der Waals surface area contributed by atoms with E-state index in [9.17, 15) is 0 Å². The molecule has 0 fully saturated rings. The third-order valence-corrected chi connectivity index (χ3v) is 8.95. The number of hydrogen-bond acceptors (Lipinski definition) is 1. The van der Waals surface area contributed by atoms with Crippen LogP contribution in [0.15, 0.2) is 0 Å². The van der Waals surface area contributed by atoms with Crippen molar-refractivity contribution < 1.29 is 5.11 Å². The normalized spacial score (nSPS) is 12.0. The van der Waals surface area contributed by atoms with E-state index in [1.165, 1.54) is 37.4 Å². The Morgan fingerprint density at radius 3 is 1.38 bits per heavy atom. The summed E-state index contributed by atoms with van der Waals surface area (Å²) in [5.41, 5.74) is 0. The molecular weight excluding hydrogens is 176 g/mol. The maximum Gasteiger partial charge on any atom is 0.0558 e. The van der Waals surface area contributed by atoms with Crippen molar-refractivity contribution >= 4 is 8.07 Å². The molecule has 0 aliphatic carbocycles. The standard InChI is InChI=1S/C11H26OSi/c1-4-8-13(9-5-2,10-6-3)11-7-12/h12H,4-11H2,1-3H3. The highest BCUT2D eigenvalue weighted by atomic mass is 28.3. The molecule has 0 aromatic carbocycles. The quantitative estimate of drug-likeness (QED) is 0.596. The molecule has 0 aliphatic heterocycles. The van der Waals surface area contributed by atoms with Crippen LogP contribution in [0.25, 0.3) is 0 Å². The second-order valence-corrected chi connectivity index (χ2v) is 9.22. The Morgan fingerprint density at radius 1 is 0.769 bits per heavy atom. The molecule has 1 N–H and O–H groups in total. The van der Waals surface area contributed by atoms with Crippen LogP contribution in [-0.4, -0.2) is 19.8 Å². The van der Waals surface area contributed by atoms with Crippen LogP contribution < -0.4 is 0 Å². The second-order valence-electron chi connectivity index (χ2n) is 4.22. The van der Waals surface area contributed by atoms with E-state index >= 15 is 0 Å². The molecule has 0 spiro atoms. The zero-order valence-corrected chi connectivity index (χ0v) is 10.6. The number of hydrogen-bond donors (Lipinski definition) is 1. The first-order valence-electron chi connectivity index (χ1n) is 5.85. The number of aliphatic hydroxyl groups excluding tert-OH is 1. The van der Waals surface area contributed by atoms with Gasteiger partial charge in [0.05, 0.1) is 8.07 Å². The molecule has 0 radical (unpaired) electrons. The van der Waals surface area contributed by atoms with E-state index in [2.05, 4.69) is 20.8 Å². The summed E-state index contributed by atoms with van der Waals surface area (Å²) in [5.74, 6) is 0. The molecule has 2 heteroatoms. The monoisotopic (exact) mass is 202 g/mol. The Bertz CT molecular complexity index is 85.1. The van der Waals surface area contributed by atoms with Gasteiger partial charge in [0.25, 0.3) is 0 Å². The van der Waals surface area contributed by atoms with Crippen LogP contribution in [0.1, 0.15) is 40.0 Å². The van der Waals surface area contributed by atoms with Crippen LogP contribution in [0.5, 0.6) is 0 Å². The molecule has 0 bridgehead atoms. The van der Waals surface area contributed by atoms with Gasteiger partial charge in [0.2, 0.25) is 0 Å².